The first-order valence-electron chi connectivity index (χ1n) is 8.84. The van der Waals surface area contributed by atoms with E-state index >= 15 is 0 Å². The maximum Gasteiger partial charge on any atom is 2.00 e. The summed E-state index contributed by atoms with van der Waals surface area (Å²) in [5.41, 5.74) is 0.949. The van der Waals surface area contributed by atoms with Gasteiger partial charge in [-0.15, -0.1) is 0 Å². The number of anilines is 1. The molecule has 1 aromatic carbocycles. The molecule has 8 heteroatoms. The van der Waals surface area contributed by atoms with E-state index in [0.717, 1.165) is 37.8 Å². The van der Waals surface area contributed by atoms with Crippen molar-refractivity contribution in [1.29, 1.82) is 0 Å². The van der Waals surface area contributed by atoms with Crippen molar-refractivity contribution in [3.63, 3.8) is 0 Å². The van der Waals surface area contributed by atoms with Gasteiger partial charge >= 0.3 is 21.7 Å². The molecule has 0 aliphatic heterocycles. The molecule has 0 bridgehead atoms. The van der Waals surface area contributed by atoms with Crippen molar-refractivity contribution < 1.29 is 59.7 Å². The van der Waals surface area contributed by atoms with Crippen LogP contribution in [-0.4, -0.2) is 11.3 Å². The molecule has 1 nitrogen and oxygen atoms in total. The molecule has 0 aromatic heterocycles. The van der Waals surface area contributed by atoms with Crippen molar-refractivity contribution in [3.8, 4) is 0 Å². The molecule has 0 heterocycles. The summed E-state index contributed by atoms with van der Waals surface area (Å²) in [6, 6.07) is 1.56. The van der Waals surface area contributed by atoms with E-state index in [0.29, 0.717) is 11.3 Å². The average molecular weight is 462 g/mol. The van der Waals surface area contributed by atoms with Crippen molar-refractivity contribution in [1.82, 2.24) is 0 Å². The van der Waals surface area contributed by atoms with Gasteiger partial charge in [0.2, 0.25) is 0 Å². The predicted molar refractivity (Wildman–Crippen MR) is 90.6 cm³/mol. The van der Waals surface area contributed by atoms with Crippen LogP contribution in [0.25, 0.3) is 0 Å². The van der Waals surface area contributed by atoms with Crippen LogP contribution < -0.4 is 29.9 Å². The summed E-state index contributed by atoms with van der Waals surface area (Å²) in [6.07, 6.45) is 12.0. The first-order valence-corrected chi connectivity index (χ1v) is 10.3. The van der Waals surface area contributed by atoms with Crippen molar-refractivity contribution in [3.05, 3.63) is 29.6 Å². The smallest absolute Gasteiger partial charge is 1.00 e. The number of benzene rings is 1. The third-order valence-corrected chi connectivity index (χ3v) is 8.27. The Morgan fingerprint density at radius 2 is 1.12 bits per heavy atom. The molecule has 26 heavy (non-hydrogen) atoms. The van der Waals surface area contributed by atoms with Crippen LogP contribution in [0.4, 0.5) is 18.9 Å². The molecule has 0 unspecified atom stereocenters. The number of hydrogen-bond donors (Lipinski definition) is 1. The van der Waals surface area contributed by atoms with Gasteiger partial charge in [-0.2, -0.15) is 0 Å². The summed E-state index contributed by atoms with van der Waals surface area (Å²) in [5, 5.41) is 3.23. The summed E-state index contributed by atoms with van der Waals surface area (Å²) in [7, 11) is -0.668. The zero-order chi connectivity index (χ0) is 16.2. The van der Waals surface area contributed by atoms with E-state index in [1.807, 2.05) is 0 Å². The minimum Gasteiger partial charge on any atom is -1.00 e. The van der Waals surface area contributed by atoms with Gasteiger partial charge in [0.15, 0.2) is 11.6 Å². The first-order chi connectivity index (χ1) is 11.1. The molecular weight excluding hydrogens is 437 g/mol. The van der Waals surface area contributed by atoms with E-state index in [-0.39, 0.29) is 52.2 Å². The predicted octanol–water partition coefficient (Wildman–Crippen LogP) is 0.584. The van der Waals surface area contributed by atoms with E-state index in [2.05, 4.69) is 5.09 Å². The second-order valence-electron chi connectivity index (χ2n) is 6.85. The maximum absolute atomic E-state index is 14.1. The van der Waals surface area contributed by atoms with Gasteiger partial charge in [0.25, 0.3) is 0 Å². The zero-order valence-electron chi connectivity index (χ0n) is 14.7. The summed E-state index contributed by atoms with van der Waals surface area (Å²) in [4.78, 5) is 0. The van der Waals surface area contributed by atoms with Crippen molar-refractivity contribution >= 4 is 13.8 Å². The fraction of sp³-hybridized carbons (Fsp3) is 0.667. The molecule has 0 spiro atoms. The third kappa shape index (κ3) is 6.85. The van der Waals surface area contributed by atoms with E-state index < -0.39 is 25.5 Å². The monoisotopic (exact) mass is 461 g/mol. The quantitative estimate of drug-likeness (QED) is 0.511. The van der Waals surface area contributed by atoms with Crippen LogP contribution in [-0.2, 0) is 21.7 Å². The summed E-state index contributed by atoms with van der Waals surface area (Å²) < 4.78 is 41.3. The Morgan fingerprint density at radius 1 is 0.731 bits per heavy atom. The van der Waals surface area contributed by atoms with Crippen LogP contribution >= 0.6 is 8.07 Å². The normalized spacial score (nSPS) is 18.5. The number of nitrogens with one attached hydrogen (secondary N) is 1. The molecule has 3 rings (SSSR count). The zero-order valence-corrected chi connectivity index (χ0v) is 18.7. The van der Waals surface area contributed by atoms with Gasteiger partial charge in [0.1, 0.15) is 11.5 Å². The topological polar surface area (TPSA) is 12.0 Å². The summed E-state index contributed by atoms with van der Waals surface area (Å²) in [6.45, 7) is 0. The van der Waals surface area contributed by atoms with Crippen molar-refractivity contribution in [2.75, 3.05) is 5.09 Å². The minimum absolute atomic E-state index is 0. The van der Waals surface area contributed by atoms with Crippen LogP contribution in [0.1, 0.15) is 64.2 Å². The second-order valence-corrected chi connectivity index (χ2v) is 9.35. The van der Waals surface area contributed by atoms with Gasteiger partial charge in [0.05, 0.1) is 0 Å². The van der Waals surface area contributed by atoms with Gasteiger partial charge in [-0.1, -0.05) is 38.5 Å². The van der Waals surface area contributed by atoms with Crippen LogP contribution in [0.3, 0.4) is 0 Å². The largest absolute Gasteiger partial charge is 2.00 e. The minimum atomic E-state index is -0.856. The summed E-state index contributed by atoms with van der Waals surface area (Å²) in [5.74, 6) is -2.46. The molecule has 2 saturated carbocycles. The standard InChI is InChI=1S/C18H25F3NP.2ClH.Ti/c19-13-11-16(20)18(17(21)12-13)22-23(14-7-3-1-4-8-14)15-9-5-2-6-10-15;;;/h11-12,14-15,22H,1-10H2;2*1H;/q;;;+2/p-2. The molecule has 146 valence electrons. The molecule has 1 N–H and O–H groups in total. The number of halogens is 5. The maximum atomic E-state index is 14.1. The third-order valence-electron chi connectivity index (χ3n) is 5.18. The molecular formula is C18H25Cl2F3NPTi. The Labute approximate surface area is 183 Å². The number of hydrogen-bond acceptors (Lipinski definition) is 1. The Hall–Kier alpha value is 0.534. The molecule has 2 aliphatic rings. The molecule has 0 saturated heterocycles. The van der Waals surface area contributed by atoms with Crippen LogP contribution in [0.2, 0.25) is 0 Å². The molecule has 1 aromatic rings. The van der Waals surface area contributed by atoms with E-state index in [9.17, 15) is 13.2 Å². The fourth-order valence-corrected chi connectivity index (χ4v) is 7.25. The van der Waals surface area contributed by atoms with Gasteiger partial charge in [0, 0.05) is 12.1 Å². The average Bonchev–Trinajstić information content (AvgIpc) is 2.56. The van der Waals surface area contributed by atoms with Gasteiger partial charge in [-0.25, -0.2) is 13.2 Å². The molecule has 2 aliphatic carbocycles. The van der Waals surface area contributed by atoms with Crippen LogP contribution in [0.15, 0.2) is 12.1 Å². The number of rotatable bonds is 4. The Balaban J connectivity index is 0.00000208. The Morgan fingerprint density at radius 3 is 1.50 bits per heavy atom. The van der Waals surface area contributed by atoms with Gasteiger partial charge in [-0.3, -0.25) is 0 Å². The van der Waals surface area contributed by atoms with Gasteiger partial charge < -0.3 is 29.9 Å². The van der Waals surface area contributed by atoms with E-state index in [1.165, 1.54) is 38.5 Å². The fourth-order valence-electron chi connectivity index (χ4n) is 3.98. The van der Waals surface area contributed by atoms with Gasteiger partial charge in [-0.05, 0) is 45.1 Å². The molecule has 0 atom stereocenters. The molecule has 0 radical (unpaired) electrons. The van der Waals surface area contributed by atoms with Crippen LogP contribution in [0.5, 0.6) is 0 Å². The van der Waals surface area contributed by atoms with Crippen molar-refractivity contribution in [2.45, 2.75) is 75.5 Å². The SMILES string of the molecule is Fc1cc(F)c(NP(C2CCCCC2)C2CCCCC2)c(F)c1.[Cl-].[Cl-].[Ti+2]. The Bertz CT molecular complexity index is 500. The van der Waals surface area contributed by atoms with E-state index in [4.69, 9.17) is 0 Å². The second kappa shape index (κ2) is 12.9. The summed E-state index contributed by atoms with van der Waals surface area (Å²) >= 11 is 0. The van der Waals surface area contributed by atoms with Crippen LogP contribution in [0, 0.1) is 17.5 Å². The first kappa shape index (κ1) is 26.5. The molecule has 2 fully saturated rings. The molecule has 0 amide bonds. The Kier molecular flexibility index (Phi) is 13.2. The van der Waals surface area contributed by atoms with Crippen molar-refractivity contribution in [2.24, 2.45) is 0 Å². The van der Waals surface area contributed by atoms with E-state index in [1.54, 1.807) is 0 Å².